The third-order valence-corrected chi connectivity index (χ3v) is 1.29. The van der Waals surface area contributed by atoms with Crippen molar-refractivity contribution in [1.29, 1.82) is 0 Å². The third-order valence-electron chi connectivity index (χ3n) is 1.29. The predicted molar refractivity (Wildman–Crippen MR) is 53.1 cm³/mol. The van der Waals surface area contributed by atoms with Gasteiger partial charge in [0.2, 0.25) is 0 Å². The van der Waals surface area contributed by atoms with Gasteiger partial charge in [-0.05, 0) is 6.16 Å². The van der Waals surface area contributed by atoms with Crippen molar-refractivity contribution in [2.75, 3.05) is 0 Å². The summed E-state index contributed by atoms with van der Waals surface area (Å²) in [6.45, 7) is 0. The zero-order valence-electron chi connectivity index (χ0n) is 12.0. The summed E-state index contributed by atoms with van der Waals surface area (Å²) in [5.41, 5.74) is -2.74. The maximum atomic E-state index is 10.3. The number of rotatable bonds is 5. The molecule has 0 bridgehead atoms. The number of aliphatic hydroxyl groups is 1. The smallest absolute Gasteiger partial charge is 0.652 e. The summed E-state index contributed by atoms with van der Waals surface area (Å²) in [5.74, 6) is -5.02. The second kappa shape index (κ2) is 17.3. The summed E-state index contributed by atoms with van der Waals surface area (Å²) >= 11 is 0. The van der Waals surface area contributed by atoms with Crippen LogP contribution in [-0.4, -0.2) is 66.5 Å². The minimum Gasteiger partial charge on any atom is -0.652 e. The normalized spacial score (nSPS) is 8.22. The molecule has 15 heteroatoms. The number of carbonyl (C=O) groups is 5. The number of carboxylic acid groups (broad SMARTS) is 7. The molecule has 0 amide bonds. The summed E-state index contributed by atoms with van der Waals surface area (Å²) in [4.78, 5) is 47.4. The predicted octanol–water partition coefficient (Wildman–Crippen LogP) is -9.47. The van der Waals surface area contributed by atoms with Gasteiger partial charge in [-0.3, -0.25) is 9.59 Å². The number of hydrogen-bond acceptors (Lipinski definition) is 8. The fourth-order valence-corrected chi connectivity index (χ4v) is 0.714. The van der Waals surface area contributed by atoms with E-state index in [4.69, 9.17) is 50.4 Å². The Morgan fingerprint density at radius 1 is 0.739 bits per heavy atom. The molecule has 0 unspecified atom stereocenters. The second-order valence-electron chi connectivity index (χ2n) is 3.01. The molecule has 0 aliphatic rings. The zero-order valence-corrected chi connectivity index (χ0v) is 16.0. The van der Waals surface area contributed by atoms with Crippen molar-refractivity contribution in [2.24, 2.45) is 0 Å². The number of aliphatic carboxylic acids is 3. The maximum absolute atomic E-state index is 10.3. The van der Waals surface area contributed by atoms with Crippen LogP contribution in [0.4, 0.5) is 9.59 Å². The van der Waals surface area contributed by atoms with E-state index in [1.807, 2.05) is 0 Å². The molecule has 6 N–H and O–H groups in total. The van der Waals surface area contributed by atoms with Crippen molar-refractivity contribution in [2.45, 2.75) is 18.4 Å². The van der Waals surface area contributed by atoms with Crippen LogP contribution in [0.1, 0.15) is 12.8 Å². The van der Waals surface area contributed by atoms with E-state index in [2.05, 4.69) is 0 Å². The van der Waals surface area contributed by atoms with Crippen LogP contribution in [-0.2, 0) is 14.4 Å². The van der Waals surface area contributed by atoms with Crippen molar-refractivity contribution in [1.82, 2.24) is 0 Å². The summed E-state index contributed by atoms with van der Waals surface area (Å²) in [6.07, 6.45) is -6.46. The Bertz CT molecular complexity index is 371. The van der Waals surface area contributed by atoms with E-state index in [1.54, 1.807) is 0 Å². The van der Waals surface area contributed by atoms with Gasteiger partial charge in [0.05, 0.1) is 12.8 Å². The molecule has 0 aromatic heterocycles. The third kappa shape index (κ3) is 33.6. The minimum absolute atomic E-state index is 0. The Labute approximate surface area is 171 Å². The number of carboxylic acids is 3. The molecule has 0 aromatic carbocycles. The van der Waals surface area contributed by atoms with E-state index < -0.39 is 48.7 Å². The molecule has 0 atom stereocenters. The van der Waals surface area contributed by atoms with Gasteiger partial charge in [-0.25, -0.2) is 9.59 Å². The first kappa shape index (κ1) is 33.5. The fourth-order valence-electron chi connectivity index (χ4n) is 0.714. The molecule has 122 valence electrons. The number of carbonyl (C=O) groups excluding carboxylic acids is 1. The molecular formula is C8H10Na2O13. The average Bonchev–Trinajstić information content (AvgIpc) is 2.11. The van der Waals surface area contributed by atoms with E-state index >= 15 is 0 Å². The summed E-state index contributed by atoms with van der Waals surface area (Å²) in [7, 11) is 0. The Balaban J connectivity index is -0.0000000909. The van der Waals surface area contributed by atoms with Crippen LogP contribution in [0.25, 0.3) is 0 Å². The van der Waals surface area contributed by atoms with Gasteiger partial charge in [0, 0.05) is 0 Å². The Morgan fingerprint density at radius 2 is 0.913 bits per heavy atom. The first-order chi connectivity index (χ1) is 9.24. The van der Waals surface area contributed by atoms with Gasteiger partial charge in [-0.15, -0.1) is 0 Å². The molecule has 0 saturated carbocycles. The van der Waals surface area contributed by atoms with Gasteiger partial charge in [0.25, 0.3) is 0 Å². The molecule has 0 rings (SSSR count). The molecule has 0 radical (unpaired) electrons. The van der Waals surface area contributed by atoms with Crippen molar-refractivity contribution in [3.8, 4) is 0 Å². The zero-order chi connectivity index (χ0) is 17.8. The van der Waals surface area contributed by atoms with Crippen LogP contribution in [0.5, 0.6) is 0 Å². The van der Waals surface area contributed by atoms with Gasteiger partial charge >= 0.3 is 83.2 Å². The molecule has 13 nitrogen and oxygen atoms in total. The number of hydrogen-bond donors (Lipinski definition) is 6. The molecule has 0 aliphatic carbocycles. The SMILES string of the molecule is O=C(O)CC(O)(CC(=O)O)C(=O)O.O=C(O)O.O=C([O-])[O-].[Na+].[Na+]. The molecule has 0 spiro atoms. The van der Waals surface area contributed by atoms with E-state index in [9.17, 15) is 14.4 Å². The fraction of sp³-hybridized carbons (Fsp3) is 0.375. The monoisotopic (exact) mass is 360 g/mol. The Morgan fingerprint density at radius 3 is 1.00 bits per heavy atom. The second-order valence-corrected chi connectivity index (χ2v) is 3.01. The van der Waals surface area contributed by atoms with Crippen molar-refractivity contribution >= 4 is 30.2 Å². The van der Waals surface area contributed by atoms with Crippen LogP contribution in [0, 0.1) is 0 Å². The largest absolute Gasteiger partial charge is 1.00 e. The maximum Gasteiger partial charge on any atom is 1.00 e. The average molecular weight is 360 g/mol. The van der Waals surface area contributed by atoms with E-state index in [0.717, 1.165) is 0 Å². The van der Waals surface area contributed by atoms with Crippen LogP contribution >= 0.6 is 0 Å². The Kier molecular flexibility index (Phi) is 25.2. The van der Waals surface area contributed by atoms with Gasteiger partial charge in [0.1, 0.15) is 0 Å². The molecule has 23 heavy (non-hydrogen) atoms. The quantitative estimate of drug-likeness (QED) is 0.249. The van der Waals surface area contributed by atoms with E-state index in [-0.39, 0.29) is 59.1 Å². The summed E-state index contributed by atoms with van der Waals surface area (Å²) in [5, 5.41) is 64.4. The molecule has 0 saturated heterocycles. The van der Waals surface area contributed by atoms with Crippen molar-refractivity contribution in [3.05, 3.63) is 0 Å². The summed E-state index contributed by atoms with van der Waals surface area (Å²) < 4.78 is 0. The van der Waals surface area contributed by atoms with Crippen molar-refractivity contribution in [3.63, 3.8) is 0 Å². The first-order valence-electron chi connectivity index (χ1n) is 4.43. The molecule has 0 aliphatic heterocycles. The minimum atomic E-state index is -2.74. The van der Waals surface area contributed by atoms with E-state index in [0.29, 0.717) is 0 Å². The van der Waals surface area contributed by atoms with Crippen molar-refractivity contribution < 1.29 is 124 Å². The summed E-state index contributed by atoms with van der Waals surface area (Å²) in [6, 6.07) is 0. The van der Waals surface area contributed by atoms with Gasteiger partial charge in [-0.1, -0.05) is 0 Å². The Hall–Kier alpha value is -1.09. The topological polar surface area (TPSA) is 253 Å². The first-order valence-corrected chi connectivity index (χ1v) is 4.43. The van der Waals surface area contributed by atoms with Crippen LogP contribution < -0.4 is 69.3 Å². The van der Waals surface area contributed by atoms with E-state index in [1.165, 1.54) is 0 Å². The van der Waals surface area contributed by atoms with Gasteiger partial charge in [-0.2, -0.15) is 0 Å². The molecule has 0 fully saturated rings. The van der Waals surface area contributed by atoms with Crippen LogP contribution in [0.2, 0.25) is 0 Å². The molecule has 0 aromatic rings. The van der Waals surface area contributed by atoms with Gasteiger partial charge in [0.15, 0.2) is 5.60 Å². The van der Waals surface area contributed by atoms with Crippen LogP contribution in [0.15, 0.2) is 0 Å². The van der Waals surface area contributed by atoms with Gasteiger partial charge < -0.3 is 45.6 Å². The molecular weight excluding hydrogens is 350 g/mol. The standard InChI is InChI=1S/C6H8O7.2CH2O3.2Na/c7-3(8)1-6(13,5(11)12)2-4(9)10;2*2-1(3)4;;/h13H,1-2H2,(H,7,8)(H,9,10)(H,11,12);2*(H2,2,3,4);;/q;;;2*+1/p-2. The van der Waals surface area contributed by atoms with Crippen LogP contribution in [0.3, 0.4) is 0 Å². The molecule has 0 heterocycles.